The lowest BCUT2D eigenvalue weighted by atomic mass is 10.1. The Kier molecular flexibility index (Phi) is 2.36. The summed E-state index contributed by atoms with van der Waals surface area (Å²) in [5, 5.41) is 3.34. The second-order valence-corrected chi connectivity index (χ2v) is 4.71. The highest BCUT2D eigenvalue weighted by Gasteiger charge is 2.38. The van der Waals surface area contributed by atoms with Crippen LogP contribution in [0, 0.1) is 5.82 Å². The summed E-state index contributed by atoms with van der Waals surface area (Å²) in [5.74, 6) is 0.270. The summed E-state index contributed by atoms with van der Waals surface area (Å²) >= 11 is 0. The summed E-state index contributed by atoms with van der Waals surface area (Å²) in [6.45, 7) is 3.87. The molecule has 3 heterocycles. The largest absolute Gasteiger partial charge is 0.348 e. The van der Waals surface area contributed by atoms with Crippen LogP contribution in [0.15, 0.2) is 6.20 Å². The fourth-order valence-corrected chi connectivity index (χ4v) is 2.88. The maximum atomic E-state index is 13.5. The number of nitrogens with zero attached hydrogens (tertiary/aromatic N) is 2. The van der Waals surface area contributed by atoms with Gasteiger partial charge in [-0.2, -0.15) is 0 Å². The van der Waals surface area contributed by atoms with E-state index in [1.165, 1.54) is 0 Å². The summed E-state index contributed by atoms with van der Waals surface area (Å²) in [5.41, 5.74) is 0.942. The molecule has 2 aliphatic rings. The Morgan fingerprint density at radius 3 is 3.18 bits per heavy atom. The lowest BCUT2D eigenvalue weighted by Gasteiger charge is -2.37. The predicted molar refractivity (Wildman–Crippen MR) is 61.9 cm³/mol. The molecular formula is C12H14FN3O. The highest BCUT2D eigenvalue weighted by atomic mass is 19.1. The molecule has 1 aromatic heterocycles. The summed E-state index contributed by atoms with van der Waals surface area (Å²) in [4.78, 5) is 17.3. The molecule has 0 aliphatic carbocycles. The maximum Gasteiger partial charge on any atom is 0.153 e. The molecule has 1 fully saturated rings. The molecule has 1 saturated heterocycles. The predicted octanol–water partition coefficient (Wildman–Crippen LogP) is 0.756. The fourth-order valence-electron chi connectivity index (χ4n) is 2.88. The number of aldehydes is 1. The van der Waals surface area contributed by atoms with Gasteiger partial charge in [0.25, 0.3) is 0 Å². The Labute approximate surface area is 98.8 Å². The van der Waals surface area contributed by atoms with E-state index in [0.29, 0.717) is 24.8 Å². The monoisotopic (exact) mass is 235 g/mol. The molecule has 1 aromatic rings. The number of rotatable bonds is 1. The van der Waals surface area contributed by atoms with Gasteiger partial charge in [-0.15, -0.1) is 0 Å². The number of nitrogens with one attached hydrogen (secondary N) is 1. The lowest BCUT2D eigenvalue weighted by molar-refractivity contribution is 0.111. The molecular weight excluding hydrogens is 221 g/mol. The normalized spacial score (nSPS) is 26.6. The summed E-state index contributed by atoms with van der Waals surface area (Å²) in [6, 6.07) is 0.620. The van der Waals surface area contributed by atoms with Crippen molar-refractivity contribution in [1.82, 2.24) is 10.3 Å². The molecule has 3 rings (SSSR count). The maximum absolute atomic E-state index is 13.5. The number of fused-ring (bicyclic) bond motifs is 3. The van der Waals surface area contributed by atoms with Crippen LogP contribution >= 0.6 is 0 Å². The van der Waals surface area contributed by atoms with Gasteiger partial charge in [0, 0.05) is 30.7 Å². The van der Waals surface area contributed by atoms with Crippen molar-refractivity contribution in [3.63, 3.8) is 0 Å². The third kappa shape index (κ3) is 1.45. The van der Waals surface area contributed by atoms with E-state index in [2.05, 4.69) is 22.1 Å². The van der Waals surface area contributed by atoms with Crippen LogP contribution in [0.25, 0.3) is 0 Å². The molecule has 0 bridgehead atoms. The Morgan fingerprint density at radius 2 is 2.41 bits per heavy atom. The minimum absolute atomic E-state index is 0.177. The zero-order chi connectivity index (χ0) is 12.0. The number of piperazine rings is 1. The van der Waals surface area contributed by atoms with Gasteiger partial charge in [0.2, 0.25) is 0 Å². The number of aromatic nitrogens is 1. The van der Waals surface area contributed by atoms with E-state index >= 15 is 0 Å². The van der Waals surface area contributed by atoms with E-state index in [-0.39, 0.29) is 5.56 Å². The SMILES string of the molecule is C[C@@H]1CNC[C@H]2Cc3c(ncc(F)c3C=O)N21. The zero-order valence-electron chi connectivity index (χ0n) is 9.61. The Balaban J connectivity index is 2.12. The third-order valence-corrected chi connectivity index (χ3v) is 3.64. The summed E-state index contributed by atoms with van der Waals surface area (Å²) < 4.78 is 13.5. The second-order valence-electron chi connectivity index (χ2n) is 4.71. The number of hydrogen-bond donors (Lipinski definition) is 1. The average molecular weight is 235 g/mol. The first-order valence-corrected chi connectivity index (χ1v) is 5.84. The van der Waals surface area contributed by atoms with E-state index in [0.717, 1.165) is 30.7 Å². The first-order valence-electron chi connectivity index (χ1n) is 5.84. The number of hydrogen-bond acceptors (Lipinski definition) is 4. The summed E-state index contributed by atoms with van der Waals surface area (Å²) in [7, 11) is 0. The molecule has 0 spiro atoms. The van der Waals surface area contributed by atoms with E-state index < -0.39 is 5.82 Å². The van der Waals surface area contributed by atoms with Crippen molar-refractivity contribution in [1.29, 1.82) is 0 Å². The molecule has 0 saturated carbocycles. The van der Waals surface area contributed by atoms with E-state index in [1.54, 1.807) is 0 Å². The van der Waals surface area contributed by atoms with E-state index in [1.807, 2.05) is 0 Å². The van der Waals surface area contributed by atoms with Crippen molar-refractivity contribution >= 4 is 12.1 Å². The average Bonchev–Trinajstić information content (AvgIpc) is 2.68. The third-order valence-electron chi connectivity index (χ3n) is 3.64. The Bertz CT molecular complexity index is 477. The van der Waals surface area contributed by atoms with Gasteiger partial charge in [-0.25, -0.2) is 9.37 Å². The van der Waals surface area contributed by atoms with Gasteiger partial charge < -0.3 is 10.2 Å². The topological polar surface area (TPSA) is 45.2 Å². The van der Waals surface area contributed by atoms with Gasteiger partial charge in [0.05, 0.1) is 11.8 Å². The van der Waals surface area contributed by atoms with Crippen LogP contribution in [-0.2, 0) is 6.42 Å². The van der Waals surface area contributed by atoms with Gasteiger partial charge in [-0.05, 0) is 13.3 Å². The molecule has 0 amide bonds. The molecule has 17 heavy (non-hydrogen) atoms. The molecule has 5 heteroatoms. The van der Waals surface area contributed by atoms with Crippen molar-refractivity contribution in [3.8, 4) is 0 Å². The Hall–Kier alpha value is -1.49. The van der Waals surface area contributed by atoms with Crippen LogP contribution in [0.5, 0.6) is 0 Å². The second kappa shape index (κ2) is 3.77. The molecule has 2 atom stereocenters. The van der Waals surface area contributed by atoms with Crippen molar-refractivity contribution in [3.05, 3.63) is 23.1 Å². The van der Waals surface area contributed by atoms with E-state index in [9.17, 15) is 9.18 Å². The minimum atomic E-state index is -0.515. The van der Waals surface area contributed by atoms with Crippen LogP contribution in [0.3, 0.4) is 0 Å². The molecule has 0 aromatic carbocycles. The van der Waals surface area contributed by atoms with Gasteiger partial charge >= 0.3 is 0 Å². The highest BCUT2D eigenvalue weighted by molar-refractivity contribution is 5.81. The fraction of sp³-hybridized carbons (Fsp3) is 0.500. The smallest absolute Gasteiger partial charge is 0.153 e. The molecule has 4 nitrogen and oxygen atoms in total. The number of carbonyl (C=O) groups is 1. The molecule has 1 N–H and O–H groups in total. The van der Waals surface area contributed by atoms with Crippen molar-refractivity contribution < 1.29 is 9.18 Å². The number of carbonyl (C=O) groups excluding carboxylic acids is 1. The quantitative estimate of drug-likeness (QED) is 0.730. The van der Waals surface area contributed by atoms with Gasteiger partial charge in [-0.1, -0.05) is 0 Å². The number of halogens is 1. The standard InChI is InChI=1S/C12H14FN3O/c1-7-3-14-4-8-2-9-10(6-17)11(13)5-15-12(9)16(7)8/h5-8,14H,2-4H2,1H3/t7-,8-/m1/s1. The van der Waals surface area contributed by atoms with Crippen LogP contribution in [0.4, 0.5) is 10.2 Å². The first kappa shape index (κ1) is 10.7. The summed E-state index contributed by atoms with van der Waals surface area (Å²) in [6.07, 6.45) is 2.46. The van der Waals surface area contributed by atoms with Crippen molar-refractivity contribution in [2.45, 2.75) is 25.4 Å². The minimum Gasteiger partial charge on any atom is -0.348 e. The number of pyridine rings is 1. The van der Waals surface area contributed by atoms with Crippen molar-refractivity contribution in [2.75, 3.05) is 18.0 Å². The van der Waals surface area contributed by atoms with Crippen molar-refractivity contribution in [2.24, 2.45) is 0 Å². The van der Waals surface area contributed by atoms with Crippen LogP contribution in [0.2, 0.25) is 0 Å². The first-order chi connectivity index (χ1) is 8.22. The van der Waals surface area contributed by atoms with Gasteiger partial charge in [0.1, 0.15) is 5.82 Å². The molecule has 90 valence electrons. The van der Waals surface area contributed by atoms with Crippen LogP contribution in [-0.4, -0.2) is 36.4 Å². The van der Waals surface area contributed by atoms with Crippen LogP contribution < -0.4 is 10.2 Å². The molecule has 0 unspecified atom stereocenters. The Morgan fingerprint density at radius 1 is 1.59 bits per heavy atom. The molecule has 2 aliphatic heterocycles. The highest BCUT2D eigenvalue weighted by Crippen LogP contribution is 2.35. The van der Waals surface area contributed by atoms with Crippen LogP contribution in [0.1, 0.15) is 22.8 Å². The van der Waals surface area contributed by atoms with Gasteiger partial charge in [-0.3, -0.25) is 4.79 Å². The molecule has 0 radical (unpaired) electrons. The van der Waals surface area contributed by atoms with Gasteiger partial charge in [0.15, 0.2) is 12.1 Å². The van der Waals surface area contributed by atoms with E-state index in [4.69, 9.17) is 0 Å². The number of anilines is 1. The lowest BCUT2D eigenvalue weighted by Crippen LogP contribution is -2.55. The zero-order valence-corrected chi connectivity index (χ0v) is 9.61.